The molecule has 1 aliphatic heterocycles. The molecule has 2 amide bonds. The first-order valence-corrected chi connectivity index (χ1v) is 5.96. The number of anilines is 1. The first-order chi connectivity index (χ1) is 9.90. The highest BCUT2D eigenvalue weighted by atomic mass is 16.5. The molecule has 21 heavy (non-hydrogen) atoms. The predicted octanol–water partition coefficient (Wildman–Crippen LogP) is 1.22. The average Bonchev–Trinajstić information content (AvgIpc) is 2.70. The molecule has 1 aliphatic rings. The number of benzene rings is 1. The van der Waals surface area contributed by atoms with E-state index in [9.17, 15) is 19.5 Å². The highest BCUT2D eigenvalue weighted by Gasteiger charge is 2.33. The lowest BCUT2D eigenvalue weighted by Gasteiger charge is -2.19. The van der Waals surface area contributed by atoms with Crippen molar-refractivity contribution in [3.05, 3.63) is 29.3 Å². The van der Waals surface area contributed by atoms with Gasteiger partial charge in [-0.3, -0.25) is 9.59 Å². The van der Waals surface area contributed by atoms with E-state index in [0.717, 1.165) is 11.0 Å². The number of ether oxygens (including phenoxy) is 2. The Morgan fingerprint density at radius 3 is 2.14 bits per heavy atom. The van der Waals surface area contributed by atoms with Crippen LogP contribution in [0, 0.1) is 0 Å². The Balaban J connectivity index is 2.65. The Morgan fingerprint density at radius 1 is 1.14 bits per heavy atom. The number of amides is 2. The van der Waals surface area contributed by atoms with Gasteiger partial charge in [-0.1, -0.05) is 0 Å². The topological polar surface area (TPSA) is 93.1 Å². The van der Waals surface area contributed by atoms with Crippen LogP contribution in [-0.4, -0.2) is 37.1 Å². The lowest BCUT2D eigenvalue weighted by molar-refractivity contribution is -0.120. The van der Waals surface area contributed by atoms with E-state index in [-0.39, 0.29) is 28.3 Å². The van der Waals surface area contributed by atoms with Gasteiger partial charge in [0.2, 0.25) is 0 Å². The third-order valence-corrected chi connectivity index (χ3v) is 3.07. The van der Waals surface area contributed by atoms with Gasteiger partial charge >= 0.3 is 5.97 Å². The zero-order valence-corrected chi connectivity index (χ0v) is 11.7. The molecule has 0 saturated heterocycles. The van der Waals surface area contributed by atoms with Crippen LogP contribution in [0.1, 0.15) is 17.3 Å². The Kier molecular flexibility index (Phi) is 3.66. The molecule has 1 heterocycles. The van der Waals surface area contributed by atoms with Crippen molar-refractivity contribution in [2.75, 3.05) is 19.1 Å². The summed E-state index contributed by atoms with van der Waals surface area (Å²) in [6.45, 7) is 1.49. The summed E-state index contributed by atoms with van der Waals surface area (Å²) in [7, 11) is 2.74. The van der Waals surface area contributed by atoms with Gasteiger partial charge in [0.25, 0.3) is 11.8 Å². The van der Waals surface area contributed by atoms with Gasteiger partial charge < -0.3 is 14.6 Å². The molecule has 0 unspecified atom stereocenters. The number of carboxylic acids is 1. The normalized spacial score (nSPS) is 14.2. The summed E-state index contributed by atoms with van der Waals surface area (Å²) in [5.41, 5.74) is -0.0353. The lowest BCUT2D eigenvalue weighted by Crippen LogP contribution is -2.32. The van der Waals surface area contributed by atoms with Gasteiger partial charge in [0.05, 0.1) is 25.5 Å². The second-order valence-electron chi connectivity index (χ2n) is 4.34. The Labute approximate surface area is 120 Å². The van der Waals surface area contributed by atoms with Gasteiger partial charge in [-0.05, 0) is 6.92 Å². The zero-order chi connectivity index (χ0) is 15.7. The van der Waals surface area contributed by atoms with Crippen LogP contribution in [0.3, 0.4) is 0 Å². The minimum atomic E-state index is -1.28. The van der Waals surface area contributed by atoms with E-state index in [4.69, 9.17) is 9.47 Å². The average molecular weight is 291 g/mol. The SMILES string of the molecule is COc1cc(C(=O)O)c(N2C(=O)C=C(C)C2=O)cc1OC. The molecular formula is C14H13NO6. The van der Waals surface area contributed by atoms with E-state index in [1.54, 1.807) is 0 Å². The maximum absolute atomic E-state index is 12.0. The van der Waals surface area contributed by atoms with E-state index in [2.05, 4.69) is 0 Å². The molecule has 110 valence electrons. The summed E-state index contributed by atoms with van der Waals surface area (Å²) in [5, 5.41) is 9.29. The summed E-state index contributed by atoms with van der Waals surface area (Å²) < 4.78 is 10.1. The van der Waals surface area contributed by atoms with E-state index in [1.165, 1.54) is 33.3 Å². The number of methoxy groups -OCH3 is 2. The smallest absolute Gasteiger partial charge is 0.337 e. The number of hydrogen-bond donors (Lipinski definition) is 1. The molecule has 0 aliphatic carbocycles. The summed E-state index contributed by atoms with van der Waals surface area (Å²) in [6, 6.07) is 2.51. The maximum atomic E-state index is 12.0. The molecule has 0 aromatic heterocycles. The van der Waals surface area contributed by atoms with Crippen LogP contribution >= 0.6 is 0 Å². The predicted molar refractivity (Wildman–Crippen MR) is 72.8 cm³/mol. The van der Waals surface area contributed by atoms with Crippen molar-refractivity contribution in [2.24, 2.45) is 0 Å². The second-order valence-corrected chi connectivity index (χ2v) is 4.34. The monoisotopic (exact) mass is 291 g/mol. The molecule has 0 saturated carbocycles. The van der Waals surface area contributed by atoms with Crippen LogP contribution in [0.5, 0.6) is 11.5 Å². The molecule has 2 rings (SSSR count). The molecule has 0 bridgehead atoms. The van der Waals surface area contributed by atoms with E-state index in [0.29, 0.717) is 0 Å². The number of carbonyl (C=O) groups excluding carboxylic acids is 2. The van der Waals surface area contributed by atoms with Gasteiger partial charge in [-0.2, -0.15) is 0 Å². The fourth-order valence-electron chi connectivity index (χ4n) is 2.04. The first kappa shape index (κ1) is 14.6. The molecule has 7 nitrogen and oxygen atoms in total. The van der Waals surface area contributed by atoms with Gasteiger partial charge in [0.1, 0.15) is 0 Å². The van der Waals surface area contributed by atoms with Crippen molar-refractivity contribution in [1.29, 1.82) is 0 Å². The van der Waals surface area contributed by atoms with Crippen molar-refractivity contribution in [1.82, 2.24) is 0 Å². The molecule has 0 radical (unpaired) electrons. The molecule has 0 fully saturated rings. The van der Waals surface area contributed by atoms with Crippen molar-refractivity contribution in [3.8, 4) is 11.5 Å². The van der Waals surface area contributed by atoms with Gasteiger partial charge in [0.15, 0.2) is 11.5 Å². The third kappa shape index (κ3) is 2.33. The number of carbonyl (C=O) groups is 3. The molecular weight excluding hydrogens is 278 g/mol. The van der Waals surface area contributed by atoms with Crippen molar-refractivity contribution >= 4 is 23.5 Å². The number of rotatable bonds is 4. The maximum Gasteiger partial charge on any atom is 0.337 e. The molecule has 0 atom stereocenters. The molecule has 1 N–H and O–H groups in total. The van der Waals surface area contributed by atoms with Crippen molar-refractivity contribution in [2.45, 2.75) is 6.92 Å². The van der Waals surface area contributed by atoms with Gasteiger partial charge in [-0.15, -0.1) is 0 Å². The minimum absolute atomic E-state index is 0.0525. The number of aromatic carboxylic acids is 1. The summed E-state index contributed by atoms with van der Waals surface area (Å²) in [4.78, 5) is 36.1. The van der Waals surface area contributed by atoms with Crippen LogP contribution in [-0.2, 0) is 9.59 Å². The van der Waals surface area contributed by atoms with E-state index in [1.807, 2.05) is 0 Å². The zero-order valence-electron chi connectivity index (χ0n) is 11.7. The summed E-state index contributed by atoms with van der Waals surface area (Å²) in [5.74, 6) is -2.01. The molecule has 0 spiro atoms. The standard InChI is InChI=1S/C14H13NO6/c1-7-4-12(16)15(13(7)17)9-6-11(21-3)10(20-2)5-8(9)14(18)19/h4-6H,1-3H3,(H,18,19). The Hall–Kier alpha value is -2.83. The fraction of sp³-hybridized carbons (Fsp3) is 0.214. The highest BCUT2D eigenvalue weighted by Crippen LogP contribution is 2.36. The van der Waals surface area contributed by atoms with Crippen molar-refractivity contribution in [3.63, 3.8) is 0 Å². The van der Waals surface area contributed by atoms with Crippen LogP contribution in [0.4, 0.5) is 5.69 Å². The molecule has 7 heteroatoms. The van der Waals surface area contributed by atoms with Gasteiger partial charge in [0, 0.05) is 23.8 Å². The summed E-state index contributed by atoms with van der Waals surface area (Å²) in [6.07, 6.45) is 1.16. The Morgan fingerprint density at radius 2 is 1.71 bits per heavy atom. The van der Waals surface area contributed by atoms with Crippen LogP contribution in [0.15, 0.2) is 23.8 Å². The largest absolute Gasteiger partial charge is 0.493 e. The van der Waals surface area contributed by atoms with Crippen LogP contribution in [0.25, 0.3) is 0 Å². The van der Waals surface area contributed by atoms with Crippen molar-refractivity contribution < 1.29 is 29.0 Å². The van der Waals surface area contributed by atoms with Gasteiger partial charge in [-0.25, -0.2) is 9.69 Å². The second kappa shape index (κ2) is 5.28. The molecule has 1 aromatic rings. The Bertz CT molecular complexity index is 676. The lowest BCUT2D eigenvalue weighted by atomic mass is 10.1. The number of nitrogens with zero attached hydrogens (tertiary/aromatic N) is 1. The quantitative estimate of drug-likeness (QED) is 0.838. The van der Waals surface area contributed by atoms with Crippen LogP contribution < -0.4 is 14.4 Å². The number of hydrogen-bond acceptors (Lipinski definition) is 5. The number of carboxylic acid groups (broad SMARTS) is 1. The first-order valence-electron chi connectivity index (χ1n) is 5.96. The third-order valence-electron chi connectivity index (χ3n) is 3.07. The van der Waals surface area contributed by atoms with E-state index < -0.39 is 17.8 Å². The molecule has 1 aromatic carbocycles. The summed E-state index contributed by atoms with van der Waals surface area (Å²) >= 11 is 0. The van der Waals surface area contributed by atoms with E-state index >= 15 is 0 Å². The highest BCUT2D eigenvalue weighted by molar-refractivity contribution is 6.31. The van der Waals surface area contributed by atoms with Crippen LogP contribution in [0.2, 0.25) is 0 Å². The minimum Gasteiger partial charge on any atom is -0.493 e. The number of imide groups is 1. The fourth-order valence-corrected chi connectivity index (χ4v) is 2.04.